The Labute approximate surface area is 151 Å². The molecule has 0 heterocycles. The SMILES string of the molecule is COc1ccc(Br)cc1/C=C/C(=O)NC(C#N)c1ccc(F)cc1F. The van der Waals surface area contributed by atoms with Gasteiger partial charge in [0.2, 0.25) is 5.91 Å². The van der Waals surface area contributed by atoms with Crippen molar-refractivity contribution in [2.24, 2.45) is 0 Å². The first-order valence-electron chi connectivity index (χ1n) is 7.11. The molecule has 0 aliphatic rings. The average Bonchev–Trinajstić information content (AvgIpc) is 2.58. The van der Waals surface area contributed by atoms with E-state index in [0.29, 0.717) is 17.4 Å². The lowest BCUT2D eigenvalue weighted by Gasteiger charge is -2.11. The second kappa shape index (κ2) is 8.40. The minimum absolute atomic E-state index is 0.106. The molecule has 0 saturated heterocycles. The molecule has 1 atom stereocenters. The molecule has 7 heteroatoms. The van der Waals surface area contributed by atoms with Gasteiger partial charge >= 0.3 is 0 Å². The summed E-state index contributed by atoms with van der Waals surface area (Å²) in [6, 6.07) is 8.63. The van der Waals surface area contributed by atoms with Crippen molar-refractivity contribution in [3.05, 3.63) is 69.7 Å². The summed E-state index contributed by atoms with van der Waals surface area (Å²) in [6.07, 6.45) is 2.71. The van der Waals surface area contributed by atoms with Crippen molar-refractivity contribution in [2.45, 2.75) is 6.04 Å². The molecule has 4 nitrogen and oxygen atoms in total. The van der Waals surface area contributed by atoms with E-state index >= 15 is 0 Å². The van der Waals surface area contributed by atoms with Gasteiger partial charge in [0, 0.05) is 27.7 Å². The number of nitrogens with zero attached hydrogens (tertiary/aromatic N) is 1. The monoisotopic (exact) mass is 406 g/mol. The molecule has 25 heavy (non-hydrogen) atoms. The first-order chi connectivity index (χ1) is 11.9. The highest BCUT2D eigenvalue weighted by Gasteiger charge is 2.17. The third-order valence-corrected chi connectivity index (χ3v) is 3.79. The Bertz CT molecular complexity index is 863. The van der Waals surface area contributed by atoms with Crippen LogP contribution in [0, 0.1) is 23.0 Å². The minimum atomic E-state index is -1.23. The molecular formula is C18H13BrF2N2O2. The van der Waals surface area contributed by atoms with Crippen LogP contribution < -0.4 is 10.1 Å². The number of ether oxygens (including phenoxy) is 1. The zero-order chi connectivity index (χ0) is 18.4. The minimum Gasteiger partial charge on any atom is -0.496 e. The van der Waals surface area contributed by atoms with Crippen LogP contribution in [0.15, 0.2) is 46.9 Å². The molecule has 1 N–H and O–H groups in total. The van der Waals surface area contributed by atoms with Crippen molar-refractivity contribution >= 4 is 27.9 Å². The van der Waals surface area contributed by atoms with Crippen molar-refractivity contribution < 1.29 is 18.3 Å². The zero-order valence-electron chi connectivity index (χ0n) is 13.1. The topological polar surface area (TPSA) is 62.1 Å². The highest BCUT2D eigenvalue weighted by atomic mass is 79.9. The van der Waals surface area contributed by atoms with Crippen LogP contribution in [0.2, 0.25) is 0 Å². The van der Waals surface area contributed by atoms with Gasteiger partial charge in [0.15, 0.2) is 0 Å². The number of nitrogens with one attached hydrogen (secondary N) is 1. The number of carbonyl (C=O) groups excluding carboxylic acids is 1. The van der Waals surface area contributed by atoms with E-state index in [1.54, 1.807) is 24.3 Å². The molecule has 128 valence electrons. The number of carbonyl (C=O) groups is 1. The number of hydrogen-bond donors (Lipinski definition) is 1. The van der Waals surface area contributed by atoms with E-state index in [0.717, 1.165) is 16.6 Å². The van der Waals surface area contributed by atoms with Crippen LogP contribution in [0.3, 0.4) is 0 Å². The van der Waals surface area contributed by atoms with Crippen molar-refractivity contribution in [1.29, 1.82) is 5.26 Å². The fourth-order valence-electron chi connectivity index (χ4n) is 2.11. The fraction of sp³-hybridized carbons (Fsp3) is 0.111. The summed E-state index contributed by atoms with van der Waals surface area (Å²) in [6.45, 7) is 0. The maximum atomic E-state index is 13.7. The van der Waals surface area contributed by atoms with Crippen LogP contribution in [-0.4, -0.2) is 13.0 Å². The largest absolute Gasteiger partial charge is 0.496 e. The molecule has 1 amide bonds. The van der Waals surface area contributed by atoms with E-state index in [-0.39, 0.29) is 5.56 Å². The van der Waals surface area contributed by atoms with Gasteiger partial charge in [-0.1, -0.05) is 22.0 Å². The Hall–Kier alpha value is -2.72. The second-order valence-corrected chi connectivity index (χ2v) is 5.87. The molecule has 0 fully saturated rings. The second-order valence-electron chi connectivity index (χ2n) is 4.96. The molecule has 0 bridgehead atoms. The molecule has 0 aliphatic heterocycles. The van der Waals surface area contributed by atoms with Gasteiger partial charge in [-0.15, -0.1) is 0 Å². The standard InChI is InChI=1S/C18H13BrF2N2O2/c1-25-17-6-3-12(19)8-11(17)2-7-18(24)23-16(10-22)14-5-4-13(20)9-15(14)21/h2-9,16H,1H3,(H,23,24)/b7-2+. The van der Waals surface area contributed by atoms with Crippen LogP contribution in [0.5, 0.6) is 5.75 Å². The molecule has 2 rings (SSSR count). The van der Waals surface area contributed by atoms with Gasteiger partial charge in [-0.2, -0.15) is 5.26 Å². The number of halogens is 3. The van der Waals surface area contributed by atoms with Gasteiger partial charge in [-0.3, -0.25) is 4.79 Å². The summed E-state index contributed by atoms with van der Waals surface area (Å²) in [5, 5.41) is 11.5. The molecule has 0 aromatic heterocycles. The van der Waals surface area contributed by atoms with E-state index in [1.807, 2.05) is 0 Å². The summed E-state index contributed by atoms with van der Waals surface area (Å²) < 4.78 is 32.7. The summed E-state index contributed by atoms with van der Waals surface area (Å²) in [4.78, 5) is 12.0. The third-order valence-electron chi connectivity index (χ3n) is 3.30. The van der Waals surface area contributed by atoms with E-state index in [2.05, 4.69) is 21.2 Å². The fourth-order valence-corrected chi connectivity index (χ4v) is 2.49. The van der Waals surface area contributed by atoms with Gasteiger partial charge in [0.05, 0.1) is 13.2 Å². The highest BCUT2D eigenvalue weighted by Crippen LogP contribution is 2.24. The lowest BCUT2D eigenvalue weighted by Crippen LogP contribution is -2.26. The molecule has 0 saturated carbocycles. The summed E-state index contributed by atoms with van der Waals surface area (Å²) in [7, 11) is 1.50. The predicted molar refractivity (Wildman–Crippen MR) is 92.6 cm³/mol. The average molecular weight is 407 g/mol. The third kappa shape index (κ3) is 4.88. The summed E-state index contributed by atoms with van der Waals surface area (Å²) in [5.74, 6) is -1.69. The molecule has 0 aliphatic carbocycles. The van der Waals surface area contributed by atoms with Crippen molar-refractivity contribution in [1.82, 2.24) is 5.32 Å². The van der Waals surface area contributed by atoms with Crippen LogP contribution in [0.1, 0.15) is 17.2 Å². The van der Waals surface area contributed by atoms with Crippen LogP contribution in [0.4, 0.5) is 8.78 Å². The number of hydrogen-bond acceptors (Lipinski definition) is 3. The summed E-state index contributed by atoms with van der Waals surface area (Å²) >= 11 is 3.32. The van der Waals surface area contributed by atoms with Crippen molar-refractivity contribution in [3.8, 4) is 11.8 Å². The van der Waals surface area contributed by atoms with E-state index in [4.69, 9.17) is 10.00 Å². The molecular weight excluding hydrogens is 394 g/mol. The Kier molecular flexibility index (Phi) is 6.25. The number of nitriles is 1. The number of amides is 1. The highest BCUT2D eigenvalue weighted by molar-refractivity contribution is 9.10. The van der Waals surface area contributed by atoms with E-state index in [9.17, 15) is 13.6 Å². The van der Waals surface area contributed by atoms with Crippen LogP contribution >= 0.6 is 15.9 Å². The Morgan fingerprint density at radius 3 is 2.72 bits per heavy atom. The Morgan fingerprint density at radius 1 is 1.32 bits per heavy atom. The van der Waals surface area contributed by atoms with Crippen molar-refractivity contribution in [3.63, 3.8) is 0 Å². The lowest BCUT2D eigenvalue weighted by atomic mass is 10.1. The first-order valence-corrected chi connectivity index (χ1v) is 7.90. The quantitative estimate of drug-likeness (QED) is 0.759. The maximum absolute atomic E-state index is 13.7. The van der Waals surface area contributed by atoms with E-state index in [1.165, 1.54) is 19.3 Å². The number of benzene rings is 2. The smallest absolute Gasteiger partial charge is 0.245 e. The zero-order valence-corrected chi connectivity index (χ0v) is 14.7. The normalized spacial score (nSPS) is 11.8. The first kappa shape index (κ1) is 18.6. The van der Waals surface area contributed by atoms with Crippen LogP contribution in [0.25, 0.3) is 6.08 Å². The molecule has 2 aromatic carbocycles. The lowest BCUT2D eigenvalue weighted by molar-refractivity contribution is -0.116. The van der Waals surface area contributed by atoms with Crippen LogP contribution in [-0.2, 0) is 4.79 Å². The molecule has 2 aromatic rings. The molecule has 1 unspecified atom stereocenters. The maximum Gasteiger partial charge on any atom is 0.245 e. The predicted octanol–water partition coefficient (Wildman–Crippen LogP) is 4.13. The van der Waals surface area contributed by atoms with Gasteiger partial charge in [-0.05, 0) is 30.3 Å². The van der Waals surface area contributed by atoms with Gasteiger partial charge in [0.25, 0.3) is 0 Å². The summed E-state index contributed by atoms with van der Waals surface area (Å²) in [5.41, 5.74) is 0.541. The number of methoxy groups -OCH3 is 1. The number of rotatable bonds is 5. The van der Waals surface area contributed by atoms with Gasteiger partial charge in [0.1, 0.15) is 23.4 Å². The Morgan fingerprint density at radius 2 is 2.08 bits per heavy atom. The van der Waals surface area contributed by atoms with Gasteiger partial charge in [-0.25, -0.2) is 8.78 Å². The van der Waals surface area contributed by atoms with Gasteiger partial charge < -0.3 is 10.1 Å². The van der Waals surface area contributed by atoms with Crippen molar-refractivity contribution in [2.75, 3.05) is 7.11 Å². The molecule has 0 spiro atoms. The Balaban J connectivity index is 2.15. The van der Waals surface area contributed by atoms with E-state index < -0.39 is 23.6 Å². The molecule has 0 radical (unpaired) electrons.